The van der Waals surface area contributed by atoms with Gasteiger partial charge in [0.1, 0.15) is 10.7 Å². The smallest absolute Gasteiger partial charge is 0.225 e. The average Bonchev–Trinajstić information content (AvgIpc) is 2.72. The molecule has 0 aromatic heterocycles. The summed E-state index contributed by atoms with van der Waals surface area (Å²) in [7, 11) is 0. The van der Waals surface area contributed by atoms with Gasteiger partial charge in [0, 0.05) is 43.2 Å². The number of halogens is 1. The summed E-state index contributed by atoms with van der Waals surface area (Å²) in [6.07, 6.45) is 3.62. The molecule has 2 aliphatic heterocycles. The third kappa shape index (κ3) is 3.37. The van der Waals surface area contributed by atoms with Crippen LogP contribution in [-0.4, -0.2) is 53.5 Å². The Morgan fingerprint density at radius 1 is 1.00 bits per heavy atom. The van der Waals surface area contributed by atoms with Gasteiger partial charge in [0.15, 0.2) is 0 Å². The molecule has 0 radical (unpaired) electrons. The summed E-state index contributed by atoms with van der Waals surface area (Å²) < 4.78 is 0. The van der Waals surface area contributed by atoms with Gasteiger partial charge in [-0.05, 0) is 31.6 Å². The number of rotatable bonds is 2. The minimum Gasteiger partial charge on any atom is -0.367 e. The number of benzene rings is 1. The van der Waals surface area contributed by atoms with Gasteiger partial charge in [-0.1, -0.05) is 42.8 Å². The lowest BCUT2D eigenvalue weighted by atomic mass is 9.89. The molecule has 1 atom stereocenters. The van der Waals surface area contributed by atoms with Crippen LogP contribution in [0.4, 0.5) is 0 Å². The summed E-state index contributed by atoms with van der Waals surface area (Å²) in [6.45, 7) is 5.02. The zero-order valence-electron chi connectivity index (χ0n) is 16.1. The first-order valence-electron chi connectivity index (χ1n) is 10.1. The van der Waals surface area contributed by atoms with Crippen molar-refractivity contribution in [1.82, 2.24) is 9.80 Å². The van der Waals surface area contributed by atoms with Crippen LogP contribution >= 0.6 is 11.6 Å². The number of allylic oxidation sites excluding steroid dienone is 2. The second kappa shape index (κ2) is 7.70. The Balaban J connectivity index is 1.46. The number of likely N-dealkylation sites (tertiary alicyclic amines) is 2. The van der Waals surface area contributed by atoms with Crippen molar-refractivity contribution < 1.29 is 14.4 Å². The Morgan fingerprint density at radius 3 is 2.29 bits per heavy atom. The Kier molecular flexibility index (Phi) is 5.28. The molecule has 5 nitrogen and oxygen atoms in total. The number of fused-ring (bicyclic) bond motifs is 1. The van der Waals surface area contributed by atoms with Crippen LogP contribution in [0.15, 0.2) is 35.0 Å². The molecule has 1 amide bonds. The second-order valence-corrected chi connectivity index (χ2v) is 8.54. The van der Waals surface area contributed by atoms with E-state index in [0.29, 0.717) is 48.7 Å². The molecular formula is C22H25ClN2O3. The van der Waals surface area contributed by atoms with Crippen LogP contribution < -0.4 is 0 Å². The monoisotopic (exact) mass is 400 g/mol. The number of hydrogen-bond acceptors (Lipinski definition) is 4. The highest BCUT2D eigenvalue weighted by Gasteiger charge is 2.37. The summed E-state index contributed by atoms with van der Waals surface area (Å²) in [4.78, 5) is 42.3. The molecule has 0 spiro atoms. The predicted octanol–water partition coefficient (Wildman–Crippen LogP) is 3.49. The zero-order valence-corrected chi connectivity index (χ0v) is 16.9. The van der Waals surface area contributed by atoms with Crippen molar-refractivity contribution >= 4 is 29.1 Å². The number of carbonyl (C=O) groups is 3. The lowest BCUT2D eigenvalue weighted by molar-refractivity contribution is -0.138. The van der Waals surface area contributed by atoms with Gasteiger partial charge in [-0.3, -0.25) is 14.4 Å². The molecule has 1 aliphatic carbocycles. The molecule has 0 bridgehead atoms. The van der Waals surface area contributed by atoms with E-state index in [-0.39, 0.29) is 28.4 Å². The fourth-order valence-corrected chi connectivity index (χ4v) is 4.92. The topological polar surface area (TPSA) is 57.7 Å². The highest BCUT2D eigenvalue weighted by atomic mass is 35.5. The molecule has 2 saturated heterocycles. The summed E-state index contributed by atoms with van der Waals surface area (Å²) in [5.74, 6) is 0.292. The molecule has 0 N–H and O–H groups in total. The Labute approximate surface area is 170 Å². The van der Waals surface area contributed by atoms with Crippen molar-refractivity contribution in [2.75, 3.05) is 26.2 Å². The Morgan fingerprint density at radius 2 is 1.64 bits per heavy atom. The molecule has 3 aliphatic rings. The van der Waals surface area contributed by atoms with Gasteiger partial charge >= 0.3 is 0 Å². The molecule has 28 heavy (non-hydrogen) atoms. The SMILES string of the molecule is C[C@H]1CCCN(C(=O)C2CCN(C3=C(Cl)C(=O)c4ccccc4C3=O)CC2)C1. The van der Waals surface area contributed by atoms with E-state index in [1.165, 1.54) is 6.42 Å². The van der Waals surface area contributed by atoms with E-state index < -0.39 is 0 Å². The van der Waals surface area contributed by atoms with Crippen LogP contribution in [0.25, 0.3) is 0 Å². The summed E-state index contributed by atoms with van der Waals surface area (Å²) in [5, 5.41) is -0.00154. The van der Waals surface area contributed by atoms with E-state index in [2.05, 4.69) is 6.92 Å². The highest BCUT2D eigenvalue weighted by Crippen LogP contribution is 2.33. The first-order valence-corrected chi connectivity index (χ1v) is 10.5. The number of hydrogen-bond donors (Lipinski definition) is 0. The van der Waals surface area contributed by atoms with Gasteiger partial charge in [0.05, 0.1) is 0 Å². The molecule has 4 rings (SSSR count). The predicted molar refractivity (Wildman–Crippen MR) is 107 cm³/mol. The standard InChI is InChI=1S/C22H25ClN2O3/c1-14-5-4-10-25(13-14)22(28)15-8-11-24(12-9-15)19-18(23)20(26)16-6-2-3-7-17(16)21(19)27/h2-3,6-7,14-15H,4-5,8-13H2,1H3/t14-/m0/s1. The molecule has 0 unspecified atom stereocenters. The van der Waals surface area contributed by atoms with Crippen molar-refractivity contribution in [3.8, 4) is 0 Å². The van der Waals surface area contributed by atoms with Crippen molar-refractivity contribution in [3.63, 3.8) is 0 Å². The highest BCUT2D eigenvalue weighted by molar-refractivity contribution is 6.49. The van der Waals surface area contributed by atoms with Gasteiger partial charge in [-0.15, -0.1) is 0 Å². The maximum absolute atomic E-state index is 13.0. The maximum Gasteiger partial charge on any atom is 0.225 e. The van der Waals surface area contributed by atoms with E-state index in [9.17, 15) is 14.4 Å². The molecule has 1 aromatic rings. The summed E-state index contributed by atoms with van der Waals surface area (Å²) in [5.41, 5.74) is 1.07. The van der Waals surface area contributed by atoms with Crippen molar-refractivity contribution in [2.45, 2.75) is 32.6 Å². The van der Waals surface area contributed by atoms with Crippen LogP contribution in [0.1, 0.15) is 53.3 Å². The van der Waals surface area contributed by atoms with Crippen molar-refractivity contribution in [1.29, 1.82) is 0 Å². The van der Waals surface area contributed by atoms with Gasteiger partial charge in [-0.2, -0.15) is 0 Å². The van der Waals surface area contributed by atoms with Gasteiger partial charge < -0.3 is 9.80 Å². The third-order valence-electron chi connectivity index (χ3n) is 6.17. The van der Waals surface area contributed by atoms with E-state index >= 15 is 0 Å². The van der Waals surface area contributed by atoms with Gasteiger partial charge in [0.25, 0.3) is 0 Å². The average molecular weight is 401 g/mol. The third-order valence-corrected chi connectivity index (χ3v) is 6.52. The number of ketones is 2. The number of Topliss-reactive ketones (excluding diaryl/α,β-unsaturated/α-hetero) is 2. The Hall–Kier alpha value is -2.14. The second-order valence-electron chi connectivity index (χ2n) is 8.16. The van der Waals surface area contributed by atoms with Gasteiger partial charge in [-0.25, -0.2) is 0 Å². The van der Waals surface area contributed by atoms with Crippen LogP contribution in [0.5, 0.6) is 0 Å². The molecule has 0 saturated carbocycles. The van der Waals surface area contributed by atoms with E-state index in [1.54, 1.807) is 24.3 Å². The number of nitrogens with zero attached hydrogens (tertiary/aromatic N) is 2. The van der Waals surface area contributed by atoms with E-state index in [4.69, 9.17) is 11.6 Å². The van der Waals surface area contributed by atoms with Crippen LogP contribution in [0.3, 0.4) is 0 Å². The van der Waals surface area contributed by atoms with Crippen LogP contribution in [0, 0.1) is 11.8 Å². The zero-order chi connectivity index (χ0) is 19.8. The molecule has 148 valence electrons. The fourth-order valence-electron chi connectivity index (χ4n) is 4.61. The van der Waals surface area contributed by atoms with E-state index in [0.717, 1.165) is 19.5 Å². The normalized spacial score (nSPS) is 23.9. The number of carbonyl (C=O) groups excluding carboxylic acids is 3. The molecule has 2 heterocycles. The lowest BCUT2D eigenvalue weighted by Crippen LogP contribution is -2.46. The van der Waals surface area contributed by atoms with Crippen molar-refractivity contribution in [3.05, 3.63) is 46.1 Å². The molecule has 1 aromatic carbocycles. The minimum absolute atomic E-state index is 0.00154. The number of amides is 1. The first kappa shape index (κ1) is 19.2. The van der Waals surface area contributed by atoms with Crippen molar-refractivity contribution in [2.24, 2.45) is 11.8 Å². The quantitative estimate of drug-likeness (QED) is 0.762. The van der Waals surface area contributed by atoms with E-state index in [1.807, 2.05) is 9.80 Å². The summed E-state index contributed by atoms with van der Waals surface area (Å²) in [6, 6.07) is 6.80. The first-order chi connectivity index (χ1) is 13.5. The molecule has 6 heteroatoms. The molecule has 2 fully saturated rings. The van der Waals surface area contributed by atoms with Gasteiger partial charge in [0.2, 0.25) is 17.5 Å². The maximum atomic E-state index is 13.0. The van der Waals surface area contributed by atoms with Crippen LogP contribution in [-0.2, 0) is 4.79 Å². The Bertz CT molecular complexity index is 855. The van der Waals surface area contributed by atoms with Crippen LogP contribution in [0.2, 0.25) is 0 Å². The lowest BCUT2D eigenvalue weighted by Gasteiger charge is -2.38. The minimum atomic E-state index is -0.299. The number of piperidine rings is 2. The fraction of sp³-hybridized carbons (Fsp3) is 0.500. The largest absolute Gasteiger partial charge is 0.367 e. The summed E-state index contributed by atoms with van der Waals surface area (Å²) >= 11 is 6.32. The molecular weight excluding hydrogens is 376 g/mol.